The van der Waals surface area contributed by atoms with E-state index in [0.29, 0.717) is 6.54 Å². The fraction of sp³-hybridized carbons (Fsp3) is 0.462. The Morgan fingerprint density at radius 3 is 2.69 bits per heavy atom. The number of cyclic esters (lactones) is 1. The zero-order chi connectivity index (χ0) is 11.8. The molecule has 1 aromatic carbocycles. The molecule has 86 valence electrons. The van der Waals surface area contributed by atoms with E-state index in [9.17, 15) is 4.79 Å². The number of rotatable bonds is 2. The molecule has 0 N–H and O–H groups in total. The van der Waals surface area contributed by atoms with E-state index in [1.54, 1.807) is 4.90 Å². The molecule has 1 heterocycles. The van der Waals surface area contributed by atoms with Crippen LogP contribution in [0.5, 0.6) is 0 Å². The lowest BCUT2D eigenvalue weighted by Crippen LogP contribution is -2.43. The number of hydrogen-bond acceptors (Lipinski definition) is 2. The Morgan fingerprint density at radius 1 is 1.31 bits per heavy atom. The standard InChI is InChI=1S/C13H17NO2/c1-4-9-14-11-8-6-5-7-10(11)13(2,3)16-12(14)15/h5-8H,4,9H2,1-3H3. The highest BCUT2D eigenvalue weighted by Gasteiger charge is 2.37. The molecule has 1 aliphatic rings. The smallest absolute Gasteiger partial charge is 0.415 e. The van der Waals surface area contributed by atoms with Crippen LogP contribution in [0.1, 0.15) is 32.8 Å². The Balaban J connectivity index is 2.50. The van der Waals surface area contributed by atoms with Crippen molar-refractivity contribution in [2.45, 2.75) is 32.8 Å². The predicted octanol–water partition coefficient (Wildman–Crippen LogP) is 3.29. The number of benzene rings is 1. The molecule has 16 heavy (non-hydrogen) atoms. The summed E-state index contributed by atoms with van der Waals surface area (Å²) in [6.45, 7) is 6.60. The van der Waals surface area contributed by atoms with Gasteiger partial charge in [-0.15, -0.1) is 0 Å². The van der Waals surface area contributed by atoms with Crippen LogP contribution in [0.2, 0.25) is 0 Å². The van der Waals surface area contributed by atoms with Gasteiger partial charge in [0.25, 0.3) is 0 Å². The van der Waals surface area contributed by atoms with Gasteiger partial charge in [-0.1, -0.05) is 25.1 Å². The van der Waals surface area contributed by atoms with E-state index in [4.69, 9.17) is 4.74 Å². The topological polar surface area (TPSA) is 29.5 Å². The molecule has 0 unspecified atom stereocenters. The van der Waals surface area contributed by atoms with Gasteiger partial charge in [-0.05, 0) is 26.3 Å². The molecule has 1 aromatic rings. The quantitative estimate of drug-likeness (QED) is 0.763. The van der Waals surface area contributed by atoms with Crippen LogP contribution in [0.3, 0.4) is 0 Å². The van der Waals surface area contributed by atoms with Crippen molar-refractivity contribution in [3.63, 3.8) is 0 Å². The predicted molar refractivity (Wildman–Crippen MR) is 63.6 cm³/mol. The highest BCUT2D eigenvalue weighted by molar-refractivity contribution is 5.91. The number of anilines is 1. The van der Waals surface area contributed by atoms with Gasteiger partial charge in [-0.3, -0.25) is 4.90 Å². The Morgan fingerprint density at radius 2 is 2.00 bits per heavy atom. The summed E-state index contributed by atoms with van der Waals surface area (Å²) in [5.41, 5.74) is 1.52. The second-order valence-corrected chi connectivity index (χ2v) is 4.55. The first kappa shape index (κ1) is 11.0. The summed E-state index contributed by atoms with van der Waals surface area (Å²) in [6.07, 6.45) is 0.676. The lowest BCUT2D eigenvalue weighted by Gasteiger charge is -2.38. The van der Waals surface area contributed by atoms with Gasteiger partial charge in [0.15, 0.2) is 0 Å². The monoisotopic (exact) mass is 219 g/mol. The lowest BCUT2D eigenvalue weighted by molar-refractivity contribution is 0.0351. The number of nitrogens with zero attached hydrogens (tertiary/aromatic N) is 1. The highest BCUT2D eigenvalue weighted by Crippen LogP contribution is 2.38. The minimum absolute atomic E-state index is 0.245. The first-order valence-corrected chi connectivity index (χ1v) is 5.66. The third-order valence-corrected chi connectivity index (χ3v) is 2.85. The average molecular weight is 219 g/mol. The largest absolute Gasteiger partial charge is 0.438 e. The molecule has 0 radical (unpaired) electrons. The maximum Gasteiger partial charge on any atom is 0.415 e. The number of carbonyl (C=O) groups is 1. The molecule has 0 saturated carbocycles. The highest BCUT2D eigenvalue weighted by atomic mass is 16.6. The number of amides is 1. The fourth-order valence-corrected chi connectivity index (χ4v) is 2.08. The molecule has 0 aliphatic carbocycles. The van der Waals surface area contributed by atoms with Crippen LogP contribution >= 0.6 is 0 Å². The Labute approximate surface area is 96.0 Å². The number of hydrogen-bond donors (Lipinski definition) is 0. The van der Waals surface area contributed by atoms with E-state index in [0.717, 1.165) is 17.7 Å². The molecular weight excluding hydrogens is 202 g/mol. The van der Waals surface area contributed by atoms with Crippen LogP contribution in [0.4, 0.5) is 10.5 Å². The lowest BCUT2D eigenvalue weighted by atomic mass is 9.94. The zero-order valence-corrected chi connectivity index (χ0v) is 9.99. The van der Waals surface area contributed by atoms with Crippen molar-refractivity contribution in [1.82, 2.24) is 0 Å². The summed E-state index contributed by atoms with van der Waals surface area (Å²) in [5.74, 6) is 0. The van der Waals surface area contributed by atoms with Crippen LogP contribution in [0.15, 0.2) is 24.3 Å². The van der Waals surface area contributed by atoms with Gasteiger partial charge in [-0.25, -0.2) is 4.79 Å². The number of ether oxygens (including phenoxy) is 1. The van der Waals surface area contributed by atoms with E-state index in [2.05, 4.69) is 6.92 Å². The number of para-hydroxylation sites is 1. The van der Waals surface area contributed by atoms with Crippen LogP contribution in [-0.4, -0.2) is 12.6 Å². The van der Waals surface area contributed by atoms with E-state index < -0.39 is 5.60 Å². The minimum Gasteiger partial charge on any atom is -0.438 e. The van der Waals surface area contributed by atoms with Gasteiger partial charge in [-0.2, -0.15) is 0 Å². The van der Waals surface area contributed by atoms with Crippen LogP contribution in [0, 0.1) is 0 Å². The van der Waals surface area contributed by atoms with E-state index >= 15 is 0 Å². The SMILES string of the molecule is CCCN1C(=O)OC(C)(C)c2ccccc21. The van der Waals surface area contributed by atoms with Crippen molar-refractivity contribution < 1.29 is 9.53 Å². The summed E-state index contributed by atoms with van der Waals surface area (Å²) in [4.78, 5) is 13.6. The van der Waals surface area contributed by atoms with Crippen LogP contribution < -0.4 is 4.90 Å². The van der Waals surface area contributed by atoms with E-state index in [1.807, 2.05) is 38.1 Å². The molecule has 0 bridgehead atoms. The average Bonchev–Trinajstić information content (AvgIpc) is 2.24. The summed E-state index contributed by atoms with van der Waals surface area (Å²) in [7, 11) is 0. The number of carbonyl (C=O) groups excluding carboxylic acids is 1. The third kappa shape index (κ3) is 1.66. The molecule has 0 fully saturated rings. The van der Waals surface area contributed by atoms with Crippen molar-refractivity contribution in [2.75, 3.05) is 11.4 Å². The Bertz CT molecular complexity index is 412. The second kappa shape index (κ2) is 3.81. The van der Waals surface area contributed by atoms with Crippen molar-refractivity contribution in [1.29, 1.82) is 0 Å². The first-order valence-electron chi connectivity index (χ1n) is 5.66. The van der Waals surface area contributed by atoms with Gasteiger partial charge in [0, 0.05) is 12.1 Å². The molecule has 2 rings (SSSR count). The third-order valence-electron chi connectivity index (χ3n) is 2.85. The molecule has 0 aromatic heterocycles. The number of fused-ring (bicyclic) bond motifs is 1. The molecule has 0 saturated heterocycles. The summed E-state index contributed by atoms with van der Waals surface area (Å²) < 4.78 is 5.45. The molecule has 0 atom stereocenters. The molecule has 1 amide bonds. The van der Waals surface area contributed by atoms with E-state index in [1.165, 1.54) is 0 Å². The van der Waals surface area contributed by atoms with Crippen LogP contribution in [-0.2, 0) is 10.3 Å². The van der Waals surface area contributed by atoms with Gasteiger partial charge < -0.3 is 4.74 Å². The van der Waals surface area contributed by atoms with Gasteiger partial charge >= 0.3 is 6.09 Å². The molecule has 0 spiro atoms. The fourth-order valence-electron chi connectivity index (χ4n) is 2.08. The van der Waals surface area contributed by atoms with Crippen molar-refractivity contribution in [3.8, 4) is 0 Å². The molecular formula is C13H17NO2. The second-order valence-electron chi connectivity index (χ2n) is 4.55. The van der Waals surface area contributed by atoms with Crippen molar-refractivity contribution >= 4 is 11.8 Å². The molecule has 1 aliphatic heterocycles. The normalized spacial score (nSPS) is 17.9. The molecule has 3 nitrogen and oxygen atoms in total. The maximum absolute atomic E-state index is 11.9. The Hall–Kier alpha value is -1.51. The minimum atomic E-state index is -0.530. The summed E-state index contributed by atoms with van der Waals surface area (Å²) >= 11 is 0. The summed E-state index contributed by atoms with van der Waals surface area (Å²) in [5, 5.41) is 0. The zero-order valence-electron chi connectivity index (χ0n) is 9.99. The first-order chi connectivity index (χ1) is 7.56. The van der Waals surface area contributed by atoms with Gasteiger partial charge in [0.05, 0.1) is 5.69 Å². The van der Waals surface area contributed by atoms with Crippen molar-refractivity contribution in [2.24, 2.45) is 0 Å². The summed E-state index contributed by atoms with van der Waals surface area (Å²) in [6, 6.07) is 7.93. The molecule has 3 heteroatoms. The van der Waals surface area contributed by atoms with Gasteiger partial charge in [0.1, 0.15) is 5.60 Å². The van der Waals surface area contributed by atoms with Crippen LogP contribution in [0.25, 0.3) is 0 Å². The maximum atomic E-state index is 11.9. The van der Waals surface area contributed by atoms with Crippen molar-refractivity contribution in [3.05, 3.63) is 29.8 Å². The van der Waals surface area contributed by atoms with E-state index in [-0.39, 0.29) is 6.09 Å². The Kier molecular flexibility index (Phi) is 2.62. The van der Waals surface area contributed by atoms with Gasteiger partial charge in [0.2, 0.25) is 0 Å².